The van der Waals surface area contributed by atoms with Gasteiger partial charge in [-0.2, -0.15) is 10.5 Å². The van der Waals surface area contributed by atoms with E-state index < -0.39 is 24.4 Å². The van der Waals surface area contributed by atoms with Crippen LogP contribution in [0, 0.1) is 28.6 Å². The zero-order chi connectivity index (χ0) is 21.8. The lowest BCUT2D eigenvalue weighted by Crippen LogP contribution is -2.45. The molecule has 9 nitrogen and oxygen atoms in total. The third kappa shape index (κ3) is 7.10. The van der Waals surface area contributed by atoms with Gasteiger partial charge < -0.3 is 19.9 Å². The summed E-state index contributed by atoms with van der Waals surface area (Å²) in [6.45, 7) is 0.689. The molecule has 0 aromatic heterocycles. The van der Waals surface area contributed by atoms with Crippen molar-refractivity contribution in [3.63, 3.8) is 0 Å². The molecule has 0 bridgehead atoms. The van der Waals surface area contributed by atoms with Gasteiger partial charge in [0.25, 0.3) is 5.91 Å². The summed E-state index contributed by atoms with van der Waals surface area (Å²) in [5.41, 5.74) is 0.674. The quantitative estimate of drug-likeness (QED) is 0.653. The number of hydrogen-bond donors (Lipinski definition) is 1. The van der Waals surface area contributed by atoms with E-state index in [1.54, 1.807) is 17.0 Å². The van der Waals surface area contributed by atoms with Crippen LogP contribution in [-0.2, 0) is 14.3 Å². The number of benzene rings is 1. The summed E-state index contributed by atoms with van der Waals surface area (Å²) in [6.07, 6.45) is 1.51. The zero-order valence-corrected chi connectivity index (χ0v) is 16.7. The van der Waals surface area contributed by atoms with Crippen molar-refractivity contribution in [2.24, 2.45) is 5.92 Å². The number of amides is 3. The van der Waals surface area contributed by atoms with E-state index in [1.807, 2.05) is 30.3 Å². The van der Waals surface area contributed by atoms with E-state index in [-0.39, 0.29) is 38.5 Å². The first kappa shape index (κ1) is 22.7. The van der Waals surface area contributed by atoms with Crippen molar-refractivity contribution in [2.45, 2.75) is 25.7 Å². The van der Waals surface area contributed by atoms with Gasteiger partial charge in [-0.1, -0.05) is 18.2 Å². The van der Waals surface area contributed by atoms with Crippen LogP contribution in [0.25, 0.3) is 0 Å². The highest BCUT2D eigenvalue weighted by atomic mass is 16.5. The lowest BCUT2D eigenvalue weighted by molar-refractivity contribution is -0.156. The Balaban J connectivity index is 1.84. The van der Waals surface area contributed by atoms with Gasteiger partial charge >= 0.3 is 12.0 Å². The molecule has 1 aromatic carbocycles. The molecular weight excluding hydrogens is 386 g/mol. The number of hydrogen-bond acceptors (Lipinski definition) is 6. The van der Waals surface area contributed by atoms with Crippen LogP contribution in [0.1, 0.15) is 25.7 Å². The maximum Gasteiger partial charge on any atom is 0.321 e. The maximum atomic E-state index is 12.4. The Kier molecular flexibility index (Phi) is 9.14. The number of nitrogens with one attached hydrogen (secondary N) is 1. The molecule has 0 aliphatic carbocycles. The fourth-order valence-electron chi connectivity index (χ4n) is 3.15. The number of piperidine rings is 1. The lowest BCUT2D eigenvalue weighted by atomic mass is 9.98. The first-order chi connectivity index (χ1) is 14.5. The van der Waals surface area contributed by atoms with Crippen LogP contribution in [0.4, 0.5) is 10.5 Å². The fourth-order valence-corrected chi connectivity index (χ4v) is 3.15. The van der Waals surface area contributed by atoms with Crippen LogP contribution in [0.15, 0.2) is 30.3 Å². The van der Waals surface area contributed by atoms with E-state index in [9.17, 15) is 14.4 Å². The van der Waals surface area contributed by atoms with Gasteiger partial charge in [0.2, 0.25) is 0 Å². The number of esters is 1. The third-order valence-corrected chi connectivity index (χ3v) is 4.74. The van der Waals surface area contributed by atoms with Crippen LogP contribution in [0.5, 0.6) is 0 Å². The largest absolute Gasteiger partial charge is 0.455 e. The van der Waals surface area contributed by atoms with E-state index in [1.165, 1.54) is 4.90 Å². The number of ether oxygens (including phenoxy) is 1. The molecule has 1 aromatic rings. The monoisotopic (exact) mass is 411 g/mol. The topological polar surface area (TPSA) is 127 Å². The number of nitrogens with zero attached hydrogens (tertiary/aromatic N) is 4. The molecule has 1 unspecified atom stereocenters. The molecule has 0 spiro atoms. The van der Waals surface area contributed by atoms with Crippen molar-refractivity contribution in [2.75, 3.05) is 38.1 Å². The Morgan fingerprint density at radius 2 is 1.80 bits per heavy atom. The molecule has 1 heterocycles. The number of rotatable bonds is 8. The Labute approximate surface area is 175 Å². The number of likely N-dealkylation sites (tertiary alicyclic amines) is 1. The van der Waals surface area contributed by atoms with E-state index >= 15 is 0 Å². The van der Waals surface area contributed by atoms with Crippen LogP contribution < -0.4 is 5.32 Å². The van der Waals surface area contributed by atoms with Crippen molar-refractivity contribution >= 4 is 23.6 Å². The molecule has 1 N–H and O–H groups in total. The minimum atomic E-state index is -0.527. The number of para-hydroxylation sites is 1. The zero-order valence-electron chi connectivity index (χ0n) is 16.7. The SMILES string of the molecule is N#CCCN(CCC#N)C(=O)COC(=O)C1CCCN(C(=O)Nc2ccccc2)C1. The summed E-state index contributed by atoms with van der Waals surface area (Å²) in [6, 6.07) is 12.7. The minimum Gasteiger partial charge on any atom is -0.455 e. The van der Waals surface area contributed by atoms with Crippen molar-refractivity contribution in [1.82, 2.24) is 9.80 Å². The molecule has 1 saturated heterocycles. The highest BCUT2D eigenvalue weighted by molar-refractivity contribution is 5.90. The molecule has 1 fully saturated rings. The van der Waals surface area contributed by atoms with Crippen molar-refractivity contribution in [3.8, 4) is 12.1 Å². The Morgan fingerprint density at radius 1 is 1.13 bits per heavy atom. The predicted molar refractivity (Wildman–Crippen MR) is 108 cm³/mol. The Hall–Kier alpha value is -3.59. The molecule has 3 amide bonds. The maximum absolute atomic E-state index is 12.4. The summed E-state index contributed by atoms with van der Waals surface area (Å²) >= 11 is 0. The average molecular weight is 411 g/mol. The molecular formula is C21H25N5O4. The second-order valence-electron chi connectivity index (χ2n) is 6.89. The Bertz CT molecular complexity index is 797. The number of carbonyl (C=O) groups excluding carboxylic acids is 3. The number of urea groups is 1. The standard InChI is InChI=1S/C21H25N5O4/c22-10-5-13-25(14-6-11-23)19(27)16-30-20(28)17-7-4-12-26(15-17)21(29)24-18-8-2-1-3-9-18/h1-3,8-9,17H,4-7,12-16H2,(H,24,29). The number of nitriles is 2. The molecule has 1 aliphatic rings. The first-order valence-electron chi connectivity index (χ1n) is 9.84. The Morgan fingerprint density at radius 3 is 2.43 bits per heavy atom. The molecule has 1 aliphatic heterocycles. The molecule has 9 heteroatoms. The van der Waals surface area contributed by atoms with Gasteiger partial charge in [-0.15, -0.1) is 0 Å². The fraction of sp³-hybridized carbons (Fsp3) is 0.476. The van der Waals surface area contributed by atoms with Crippen molar-refractivity contribution in [3.05, 3.63) is 30.3 Å². The molecule has 0 saturated carbocycles. The van der Waals surface area contributed by atoms with Gasteiger partial charge in [-0.05, 0) is 25.0 Å². The normalized spacial score (nSPS) is 15.4. The number of anilines is 1. The van der Waals surface area contributed by atoms with Gasteiger partial charge in [0.05, 0.1) is 30.9 Å². The predicted octanol–water partition coefficient (Wildman–Crippen LogP) is 2.13. The molecule has 158 valence electrons. The molecule has 0 radical (unpaired) electrons. The summed E-state index contributed by atoms with van der Waals surface area (Å²) in [5, 5.41) is 20.2. The van der Waals surface area contributed by atoms with Gasteiger partial charge in [0, 0.05) is 31.9 Å². The van der Waals surface area contributed by atoms with Crippen molar-refractivity contribution in [1.29, 1.82) is 10.5 Å². The summed E-state index contributed by atoms with van der Waals surface area (Å²) in [5.74, 6) is -1.47. The second-order valence-corrected chi connectivity index (χ2v) is 6.89. The third-order valence-electron chi connectivity index (χ3n) is 4.74. The van der Waals surface area contributed by atoms with E-state index in [0.717, 1.165) is 0 Å². The summed E-state index contributed by atoms with van der Waals surface area (Å²) < 4.78 is 5.18. The van der Waals surface area contributed by atoms with Crippen LogP contribution in [0.2, 0.25) is 0 Å². The van der Waals surface area contributed by atoms with Gasteiger partial charge in [-0.3, -0.25) is 9.59 Å². The second kappa shape index (κ2) is 12.1. The smallest absolute Gasteiger partial charge is 0.321 e. The highest BCUT2D eigenvalue weighted by Crippen LogP contribution is 2.19. The van der Waals surface area contributed by atoms with Crippen LogP contribution in [-0.4, -0.2) is 60.5 Å². The molecule has 2 rings (SSSR count). The van der Waals surface area contributed by atoms with E-state index in [0.29, 0.717) is 25.1 Å². The van der Waals surface area contributed by atoms with Crippen molar-refractivity contribution < 1.29 is 19.1 Å². The molecule has 1 atom stereocenters. The van der Waals surface area contributed by atoms with Gasteiger partial charge in [-0.25, -0.2) is 4.79 Å². The van der Waals surface area contributed by atoms with Crippen LogP contribution in [0.3, 0.4) is 0 Å². The minimum absolute atomic E-state index is 0.138. The lowest BCUT2D eigenvalue weighted by Gasteiger charge is -2.31. The number of carbonyl (C=O) groups is 3. The van der Waals surface area contributed by atoms with Gasteiger partial charge in [0.1, 0.15) is 0 Å². The van der Waals surface area contributed by atoms with E-state index in [2.05, 4.69) is 5.32 Å². The molecule has 30 heavy (non-hydrogen) atoms. The highest BCUT2D eigenvalue weighted by Gasteiger charge is 2.30. The van der Waals surface area contributed by atoms with E-state index in [4.69, 9.17) is 15.3 Å². The van der Waals surface area contributed by atoms with Gasteiger partial charge in [0.15, 0.2) is 6.61 Å². The average Bonchev–Trinajstić information content (AvgIpc) is 2.78. The summed E-state index contributed by atoms with van der Waals surface area (Å²) in [7, 11) is 0. The first-order valence-corrected chi connectivity index (χ1v) is 9.84. The van der Waals surface area contributed by atoms with Crippen LogP contribution >= 0.6 is 0 Å². The summed E-state index contributed by atoms with van der Waals surface area (Å²) in [4.78, 5) is 40.1.